The van der Waals surface area contributed by atoms with E-state index in [9.17, 15) is 0 Å². The molecule has 4 aromatic rings. The van der Waals surface area contributed by atoms with Crippen molar-refractivity contribution in [1.29, 1.82) is 0 Å². The van der Waals surface area contributed by atoms with Gasteiger partial charge in [-0.1, -0.05) is 113 Å². The number of benzene rings is 4. The number of aryl methyl sites for hydroxylation is 1. The van der Waals surface area contributed by atoms with Crippen molar-refractivity contribution < 1.29 is 0 Å². The molecule has 0 nitrogen and oxygen atoms in total. The van der Waals surface area contributed by atoms with E-state index in [1.54, 1.807) is 0 Å². The molecule has 0 saturated carbocycles. The van der Waals surface area contributed by atoms with Gasteiger partial charge in [0, 0.05) is 10.4 Å². The lowest BCUT2D eigenvalue weighted by atomic mass is 9.85. The van der Waals surface area contributed by atoms with Crippen molar-refractivity contribution in [3.05, 3.63) is 130 Å². The first-order chi connectivity index (χ1) is 13.8. The van der Waals surface area contributed by atoms with Gasteiger partial charge in [-0.3, -0.25) is 0 Å². The first-order valence-corrected chi connectivity index (χ1v) is 10.5. The van der Waals surface area contributed by atoms with Crippen LogP contribution in [0, 0.1) is 0 Å². The molecule has 0 spiro atoms. The van der Waals surface area contributed by atoms with Crippen LogP contribution in [0.5, 0.6) is 0 Å². The Morgan fingerprint density at radius 1 is 0.536 bits per heavy atom. The van der Waals surface area contributed by atoms with Crippen LogP contribution >= 0.6 is 15.9 Å². The van der Waals surface area contributed by atoms with Gasteiger partial charge in [-0.25, -0.2) is 0 Å². The van der Waals surface area contributed by atoms with Gasteiger partial charge < -0.3 is 0 Å². The van der Waals surface area contributed by atoms with Crippen LogP contribution in [-0.4, -0.2) is 0 Å². The summed E-state index contributed by atoms with van der Waals surface area (Å²) in [6, 6.07) is 39.2. The maximum Gasteiger partial charge on any atom is 0.0175 e. The molecule has 1 heteroatoms. The van der Waals surface area contributed by atoms with Gasteiger partial charge in [0.1, 0.15) is 0 Å². The Bertz CT molecular complexity index is 988. The molecular formula is C27H23Br. The third-order valence-corrected chi connectivity index (χ3v) is 5.79. The molecule has 1 atom stereocenters. The fraction of sp³-hybridized carbons (Fsp3) is 0.111. The highest BCUT2D eigenvalue weighted by atomic mass is 79.9. The van der Waals surface area contributed by atoms with Crippen molar-refractivity contribution in [1.82, 2.24) is 0 Å². The zero-order chi connectivity index (χ0) is 19.2. The summed E-state index contributed by atoms with van der Waals surface area (Å²) in [5, 5.41) is 0. The van der Waals surface area contributed by atoms with Crippen LogP contribution in [0.15, 0.2) is 114 Å². The average Bonchev–Trinajstić information content (AvgIpc) is 2.77. The van der Waals surface area contributed by atoms with E-state index in [-0.39, 0.29) is 0 Å². The fourth-order valence-corrected chi connectivity index (χ4v) is 3.98. The van der Waals surface area contributed by atoms with Gasteiger partial charge in [0.05, 0.1) is 0 Å². The van der Waals surface area contributed by atoms with Crippen LogP contribution in [0.3, 0.4) is 0 Å². The molecule has 0 radical (unpaired) electrons. The van der Waals surface area contributed by atoms with Gasteiger partial charge in [-0.15, -0.1) is 0 Å². The summed E-state index contributed by atoms with van der Waals surface area (Å²) in [7, 11) is 0. The maximum atomic E-state index is 3.52. The van der Waals surface area contributed by atoms with E-state index in [1.165, 1.54) is 27.8 Å². The standard InChI is InChI=1S/C27H23Br/c28-26-18-11-21(12-19-26)13-20-27(24-9-5-2-6-10-24)25-16-14-23(15-17-25)22-7-3-1-4-8-22/h1-12,14-19,27H,13,20H2. The van der Waals surface area contributed by atoms with Gasteiger partial charge in [-0.2, -0.15) is 0 Å². The van der Waals surface area contributed by atoms with E-state index >= 15 is 0 Å². The van der Waals surface area contributed by atoms with E-state index in [0.717, 1.165) is 17.3 Å². The second kappa shape index (κ2) is 9.03. The molecular weight excluding hydrogens is 404 g/mol. The quantitative estimate of drug-likeness (QED) is 0.294. The van der Waals surface area contributed by atoms with Crippen molar-refractivity contribution in [3.8, 4) is 11.1 Å². The van der Waals surface area contributed by atoms with Crippen molar-refractivity contribution >= 4 is 15.9 Å². The molecule has 0 saturated heterocycles. The Hall–Kier alpha value is -2.64. The van der Waals surface area contributed by atoms with Crippen LogP contribution in [0.4, 0.5) is 0 Å². The van der Waals surface area contributed by atoms with Gasteiger partial charge in [0.2, 0.25) is 0 Å². The summed E-state index contributed by atoms with van der Waals surface area (Å²) in [6.45, 7) is 0. The third-order valence-electron chi connectivity index (χ3n) is 5.26. The van der Waals surface area contributed by atoms with Crippen LogP contribution in [0.2, 0.25) is 0 Å². The minimum atomic E-state index is 0.398. The predicted molar refractivity (Wildman–Crippen MR) is 123 cm³/mol. The smallest absolute Gasteiger partial charge is 0.0175 e. The van der Waals surface area contributed by atoms with Gasteiger partial charge in [0.15, 0.2) is 0 Å². The minimum absolute atomic E-state index is 0.398. The fourth-order valence-electron chi connectivity index (χ4n) is 3.71. The summed E-state index contributed by atoms with van der Waals surface area (Å²) in [5.41, 5.74) is 6.67. The van der Waals surface area contributed by atoms with E-state index < -0.39 is 0 Å². The van der Waals surface area contributed by atoms with E-state index in [2.05, 4.69) is 125 Å². The lowest BCUT2D eigenvalue weighted by Gasteiger charge is -2.19. The van der Waals surface area contributed by atoms with Gasteiger partial charge in [0.25, 0.3) is 0 Å². The highest BCUT2D eigenvalue weighted by molar-refractivity contribution is 9.10. The molecule has 0 aliphatic carbocycles. The predicted octanol–water partition coefficient (Wildman–Crippen LogP) is 7.88. The SMILES string of the molecule is Brc1ccc(CCC(c2ccccc2)c2ccc(-c3ccccc3)cc2)cc1. The second-order valence-electron chi connectivity index (χ2n) is 7.12. The summed E-state index contributed by atoms with van der Waals surface area (Å²) >= 11 is 3.52. The molecule has 28 heavy (non-hydrogen) atoms. The van der Waals surface area contributed by atoms with Crippen molar-refractivity contribution in [2.75, 3.05) is 0 Å². The van der Waals surface area contributed by atoms with E-state index in [4.69, 9.17) is 0 Å². The summed E-state index contributed by atoms with van der Waals surface area (Å²) in [5.74, 6) is 0.398. The monoisotopic (exact) mass is 426 g/mol. The molecule has 0 aliphatic heterocycles. The van der Waals surface area contributed by atoms with Crippen LogP contribution in [0.25, 0.3) is 11.1 Å². The molecule has 138 valence electrons. The third kappa shape index (κ3) is 4.61. The Morgan fingerprint density at radius 2 is 1.07 bits per heavy atom. The molecule has 0 bridgehead atoms. The second-order valence-corrected chi connectivity index (χ2v) is 8.03. The van der Waals surface area contributed by atoms with Crippen LogP contribution < -0.4 is 0 Å². The van der Waals surface area contributed by atoms with Crippen LogP contribution in [0.1, 0.15) is 29.0 Å². The largest absolute Gasteiger partial charge is 0.0622 e. The molecule has 0 N–H and O–H groups in total. The van der Waals surface area contributed by atoms with Crippen molar-refractivity contribution in [3.63, 3.8) is 0 Å². The molecule has 4 aromatic carbocycles. The van der Waals surface area contributed by atoms with E-state index in [1.807, 2.05) is 0 Å². The molecule has 0 amide bonds. The lowest BCUT2D eigenvalue weighted by molar-refractivity contribution is 0.715. The van der Waals surface area contributed by atoms with Crippen LogP contribution in [-0.2, 0) is 6.42 Å². The number of halogens is 1. The number of rotatable bonds is 6. The topological polar surface area (TPSA) is 0 Å². The minimum Gasteiger partial charge on any atom is -0.0622 e. The Morgan fingerprint density at radius 3 is 1.71 bits per heavy atom. The normalized spacial score (nSPS) is 11.9. The highest BCUT2D eigenvalue weighted by Crippen LogP contribution is 2.31. The lowest BCUT2D eigenvalue weighted by Crippen LogP contribution is -2.03. The molecule has 4 rings (SSSR count). The number of hydrogen-bond acceptors (Lipinski definition) is 0. The molecule has 1 unspecified atom stereocenters. The van der Waals surface area contributed by atoms with Crippen molar-refractivity contribution in [2.45, 2.75) is 18.8 Å². The Kier molecular flexibility index (Phi) is 6.04. The molecule has 0 aromatic heterocycles. The maximum absolute atomic E-state index is 3.52. The van der Waals surface area contributed by atoms with Crippen molar-refractivity contribution in [2.24, 2.45) is 0 Å². The Balaban J connectivity index is 1.59. The van der Waals surface area contributed by atoms with Gasteiger partial charge >= 0.3 is 0 Å². The van der Waals surface area contributed by atoms with Gasteiger partial charge in [-0.05, 0) is 52.8 Å². The van der Waals surface area contributed by atoms with E-state index in [0.29, 0.717) is 5.92 Å². The summed E-state index contributed by atoms with van der Waals surface area (Å²) in [6.07, 6.45) is 2.16. The zero-order valence-electron chi connectivity index (χ0n) is 15.8. The summed E-state index contributed by atoms with van der Waals surface area (Å²) in [4.78, 5) is 0. The highest BCUT2D eigenvalue weighted by Gasteiger charge is 2.14. The number of hydrogen-bond donors (Lipinski definition) is 0. The molecule has 0 heterocycles. The molecule has 0 aliphatic rings. The molecule has 0 fully saturated rings. The zero-order valence-corrected chi connectivity index (χ0v) is 17.3. The first-order valence-electron chi connectivity index (χ1n) is 9.74. The Labute approximate surface area is 176 Å². The average molecular weight is 427 g/mol. The summed E-state index contributed by atoms with van der Waals surface area (Å²) < 4.78 is 1.13. The first kappa shape index (κ1) is 18.7.